The molecule has 1 unspecified atom stereocenters. The summed E-state index contributed by atoms with van der Waals surface area (Å²) in [6.45, 7) is 4.24. The Labute approximate surface area is 113 Å². The lowest BCUT2D eigenvalue weighted by atomic mass is 9.91. The minimum absolute atomic E-state index is 0.151. The van der Waals surface area contributed by atoms with Crippen molar-refractivity contribution in [2.75, 3.05) is 13.1 Å². The molecule has 0 aromatic heterocycles. The molecule has 0 saturated carbocycles. The highest BCUT2D eigenvalue weighted by Gasteiger charge is 2.15. The second-order valence-corrected chi connectivity index (χ2v) is 5.25. The molecule has 1 aliphatic heterocycles. The molecule has 2 heteroatoms. The van der Waals surface area contributed by atoms with Crippen LogP contribution in [-0.4, -0.2) is 13.1 Å². The van der Waals surface area contributed by atoms with Crippen LogP contribution >= 0.6 is 0 Å². The molecule has 0 spiro atoms. The van der Waals surface area contributed by atoms with Crippen molar-refractivity contribution in [3.05, 3.63) is 59.4 Å². The summed E-state index contributed by atoms with van der Waals surface area (Å²) in [5.41, 5.74) is 4.41. The molecule has 0 saturated heterocycles. The highest BCUT2D eigenvalue weighted by atomic mass is 19.1. The van der Waals surface area contributed by atoms with Crippen LogP contribution in [0.2, 0.25) is 0 Å². The average Bonchev–Trinajstić information content (AvgIpc) is 2.61. The Hall–Kier alpha value is -1.67. The molecule has 0 radical (unpaired) electrons. The Morgan fingerprint density at radius 1 is 1.16 bits per heavy atom. The normalized spacial score (nSPS) is 18.7. The van der Waals surface area contributed by atoms with Gasteiger partial charge in [0.05, 0.1) is 0 Å². The van der Waals surface area contributed by atoms with Crippen molar-refractivity contribution in [3.8, 4) is 11.1 Å². The van der Waals surface area contributed by atoms with E-state index in [-0.39, 0.29) is 5.82 Å². The average molecular weight is 255 g/mol. The van der Waals surface area contributed by atoms with Crippen LogP contribution in [0.15, 0.2) is 42.5 Å². The maximum absolute atomic E-state index is 13.9. The molecule has 1 atom stereocenters. The minimum Gasteiger partial charge on any atom is -0.316 e. The lowest BCUT2D eigenvalue weighted by Crippen LogP contribution is -2.18. The van der Waals surface area contributed by atoms with Gasteiger partial charge in [-0.25, -0.2) is 4.39 Å². The van der Waals surface area contributed by atoms with Crippen LogP contribution in [-0.2, 0) is 6.42 Å². The van der Waals surface area contributed by atoms with Crippen molar-refractivity contribution in [2.45, 2.75) is 19.3 Å². The van der Waals surface area contributed by atoms with E-state index < -0.39 is 0 Å². The monoisotopic (exact) mass is 255 g/mol. The van der Waals surface area contributed by atoms with E-state index in [1.165, 1.54) is 17.2 Å². The molecule has 1 nitrogen and oxygen atoms in total. The number of hydrogen-bond donors (Lipinski definition) is 1. The van der Waals surface area contributed by atoms with E-state index >= 15 is 0 Å². The summed E-state index contributed by atoms with van der Waals surface area (Å²) in [6, 6.07) is 13.3. The molecule has 0 aliphatic carbocycles. The van der Waals surface area contributed by atoms with E-state index in [1.54, 1.807) is 6.07 Å². The zero-order valence-corrected chi connectivity index (χ0v) is 11.1. The number of rotatable bonds is 1. The van der Waals surface area contributed by atoms with Crippen molar-refractivity contribution in [2.24, 2.45) is 0 Å². The second-order valence-electron chi connectivity index (χ2n) is 5.25. The molecular formula is C17H18FN. The molecule has 19 heavy (non-hydrogen) atoms. The fourth-order valence-electron chi connectivity index (χ4n) is 2.80. The number of fused-ring (bicyclic) bond motifs is 1. The van der Waals surface area contributed by atoms with Gasteiger partial charge in [0.25, 0.3) is 0 Å². The summed E-state index contributed by atoms with van der Waals surface area (Å²) in [5.74, 6) is 0.325. The summed E-state index contributed by atoms with van der Waals surface area (Å²) < 4.78 is 13.9. The van der Waals surface area contributed by atoms with Crippen LogP contribution in [0.4, 0.5) is 4.39 Å². The highest BCUT2D eigenvalue weighted by Crippen LogP contribution is 2.29. The molecule has 1 aliphatic rings. The van der Waals surface area contributed by atoms with E-state index in [4.69, 9.17) is 0 Å². The van der Waals surface area contributed by atoms with E-state index in [1.807, 2.05) is 18.2 Å². The van der Waals surface area contributed by atoms with Crippen LogP contribution in [0.5, 0.6) is 0 Å². The Balaban J connectivity index is 2.08. The molecule has 1 N–H and O–H groups in total. The first-order valence-corrected chi connectivity index (χ1v) is 6.84. The topological polar surface area (TPSA) is 12.0 Å². The Kier molecular flexibility index (Phi) is 3.34. The number of halogens is 1. The molecule has 98 valence electrons. The first kappa shape index (κ1) is 12.4. The minimum atomic E-state index is -0.151. The molecular weight excluding hydrogens is 237 g/mol. The maximum Gasteiger partial charge on any atom is 0.131 e. The van der Waals surface area contributed by atoms with Gasteiger partial charge >= 0.3 is 0 Å². The molecule has 0 amide bonds. The molecule has 1 heterocycles. The first-order chi connectivity index (χ1) is 9.25. The number of benzene rings is 2. The maximum atomic E-state index is 13.9. The van der Waals surface area contributed by atoms with Crippen molar-refractivity contribution in [1.29, 1.82) is 0 Å². The Bertz CT molecular complexity index is 592. The van der Waals surface area contributed by atoms with E-state index in [2.05, 4.69) is 24.4 Å². The van der Waals surface area contributed by atoms with Crippen LogP contribution in [0.1, 0.15) is 24.0 Å². The molecule has 3 rings (SSSR count). The summed E-state index contributed by atoms with van der Waals surface area (Å²) >= 11 is 0. The predicted molar refractivity (Wildman–Crippen MR) is 76.8 cm³/mol. The third-order valence-electron chi connectivity index (χ3n) is 3.88. The van der Waals surface area contributed by atoms with Gasteiger partial charge in [-0.05, 0) is 41.6 Å². The van der Waals surface area contributed by atoms with Crippen molar-refractivity contribution in [3.63, 3.8) is 0 Å². The third kappa shape index (κ3) is 2.41. The Morgan fingerprint density at radius 3 is 2.84 bits per heavy atom. The predicted octanol–water partition coefficient (Wildman–Crippen LogP) is 3.74. The molecule has 0 fully saturated rings. The Morgan fingerprint density at radius 2 is 2.00 bits per heavy atom. The van der Waals surface area contributed by atoms with Gasteiger partial charge in [0.1, 0.15) is 5.82 Å². The number of hydrogen-bond acceptors (Lipinski definition) is 1. The van der Waals surface area contributed by atoms with Crippen LogP contribution in [0.3, 0.4) is 0 Å². The summed E-state index contributed by atoms with van der Waals surface area (Å²) in [7, 11) is 0. The van der Waals surface area contributed by atoms with Gasteiger partial charge in [0, 0.05) is 12.1 Å². The largest absolute Gasteiger partial charge is 0.316 e. The SMILES string of the molecule is CC1CNCCc2ccc(-c3ccccc3F)cc21. The number of nitrogens with one attached hydrogen (secondary N) is 1. The van der Waals surface area contributed by atoms with Crippen molar-refractivity contribution < 1.29 is 4.39 Å². The zero-order valence-electron chi connectivity index (χ0n) is 11.1. The molecule has 2 aromatic rings. The van der Waals surface area contributed by atoms with Crippen LogP contribution in [0, 0.1) is 5.82 Å². The van der Waals surface area contributed by atoms with E-state index in [0.717, 1.165) is 25.1 Å². The standard InChI is InChI=1S/C17H18FN/c1-12-11-19-9-8-13-6-7-14(10-16(12)13)15-4-2-3-5-17(15)18/h2-7,10,12,19H,8-9,11H2,1H3. The van der Waals surface area contributed by atoms with Crippen LogP contribution in [0.25, 0.3) is 11.1 Å². The summed E-state index contributed by atoms with van der Waals surface area (Å²) in [5, 5.41) is 3.44. The van der Waals surface area contributed by atoms with E-state index in [9.17, 15) is 4.39 Å². The third-order valence-corrected chi connectivity index (χ3v) is 3.88. The van der Waals surface area contributed by atoms with Crippen LogP contribution < -0.4 is 5.32 Å². The molecule has 0 bridgehead atoms. The highest BCUT2D eigenvalue weighted by molar-refractivity contribution is 5.66. The van der Waals surface area contributed by atoms with Gasteiger partial charge in [-0.1, -0.05) is 43.3 Å². The smallest absolute Gasteiger partial charge is 0.131 e. The fourth-order valence-corrected chi connectivity index (χ4v) is 2.80. The summed E-state index contributed by atoms with van der Waals surface area (Å²) in [4.78, 5) is 0. The van der Waals surface area contributed by atoms with Gasteiger partial charge in [-0.3, -0.25) is 0 Å². The fraction of sp³-hybridized carbons (Fsp3) is 0.294. The lowest BCUT2D eigenvalue weighted by molar-refractivity contribution is 0.631. The van der Waals surface area contributed by atoms with Gasteiger partial charge in [-0.15, -0.1) is 0 Å². The quantitative estimate of drug-likeness (QED) is 0.818. The van der Waals surface area contributed by atoms with E-state index in [0.29, 0.717) is 11.5 Å². The van der Waals surface area contributed by atoms with Gasteiger partial charge in [0.15, 0.2) is 0 Å². The van der Waals surface area contributed by atoms with Crippen molar-refractivity contribution >= 4 is 0 Å². The van der Waals surface area contributed by atoms with Gasteiger partial charge in [0.2, 0.25) is 0 Å². The summed E-state index contributed by atoms with van der Waals surface area (Å²) in [6.07, 6.45) is 1.05. The second kappa shape index (κ2) is 5.14. The van der Waals surface area contributed by atoms with Gasteiger partial charge < -0.3 is 5.32 Å². The first-order valence-electron chi connectivity index (χ1n) is 6.84. The lowest BCUT2D eigenvalue weighted by Gasteiger charge is -2.14. The van der Waals surface area contributed by atoms with Crippen molar-refractivity contribution in [1.82, 2.24) is 5.32 Å². The molecule has 2 aromatic carbocycles. The zero-order chi connectivity index (χ0) is 13.2. The van der Waals surface area contributed by atoms with Gasteiger partial charge in [-0.2, -0.15) is 0 Å².